The van der Waals surface area contributed by atoms with Gasteiger partial charge in [-0.25, -0.2) is 0 Å². The standard InChI is InChI=1S/C6H13NOS/c1-5(8)2-7-6-3-9-4-6/h5-8H,2-4H2,1H3. The molecule has 0 aromatic rings. The Morgan fingerprint density at radius 2 is 2.44 bits per heavy atom. The van der Waals surface area contributed by atoms with Crippen LogP contribution in [0, 0.1) is 0 Å². The first-order chi connectivity index (χ1) is 4.29. The second kappa shape index (κ2) is 3.44. The summed E-state index contributed by atoms with van der Waals surface area (Å²) in [6.45, 7) is 2.55. The van der Waals surface area contributed by atoms with E-state index < -0.39 is 0 Å². The Morgan fingerprint density at radius 1 is 1.78 bits per heavy atom. The summed E-state index contributed by atoms with van der Waals surface area (Å²) in [6, 6.07) is 0.671. The van der Waals surface area contributed by atoms with Gasteiger partial charge in [0.25, 0.3) is 0 Å². The molecule has 1 heterocycles. The third-order valence-corrected chi connectivity index (χ3v) is 2.62. The zero-order chi connectivity index (χ0) is 6.69. The quantitative estimate of drug-likeness (QED) is 0.592. The van der Waals surface area contributed by atoms with E-state index in [4.69, 9.17) is 5.11 Å². The van der Waals surface area contributed by atoms with Crippen LogP contribution in [0.2, 0.25) is 0 Å². The molecule has 0 amide bonds. The van der Waals surface area contributed by atoms with Gasteiger partial charge in [-0.05, 0) is 6.92 Å². The molecule has 2 nitrogen and oxygen atoms in total. The average Bonchev–Trinajstić information content (AvgIpc) is 1.60. The number of aliphatic hydroxyl groups is 1. The maximum Gasteiger partial charge on any atom is 0.0636 e. The van der Waals surface area contributed by atoms with Crippen LogP contribution in [0.5, 0.6) is 0 Å². The maximum absolute atomic E-state index is 8.85. The van der Waals surface area contributed by atoms with Crippen LogP contribution in [0.25, 0.3) is 0 Å². The van der Waals surface area contributed by atoms with E-state index in [9.17, 15) is 0 Å². The minimum atomic E-state index is -0.199. The lowest BCUT2D eigenvalue weighted by molar-refractivity contribution is 0.188. The van der Waals surface area contributed by atoms with Crippen molar-refractivity contribution in [2.75, 3.05) is 18.1 Å². The van der Waals surface area contributed by atoms with Gasteiger partial charge in [0, 0.05) is 24.1 Å². The highest BCUT2D eigenvalue weighted by molar-refractivity contribution is 8.00. The van der Waals surface area contributed by atoms with Gasteiger partial charge in [-0.15, -0.1) is 0 Å². The van der Waals surface area contributed by atoms with Gasteiger partial charge in [0.15, 0.2) is 0 Å². The lowest BCUT2D eigenvalue weighted by atomic mass is 10.3. The van der Waals surface area contributed by atoms with Crippen LogP contribution in [0.15, 0.2) is 0 Å². The maximum atomic E-state index is 8.85. The molecule has 0 spiro atoms. The van der Waals surface area contributed by atoms with E-state index in [-0.39, 0.29) is 6.10 Å². The van der Waals surface area contributed by atoms with E-state index >= 15 is 0 Å². The second-order valence-electron chi connectivity index (χ2n) is 2.49. The van der Waals surface area contributed by atoms with Crippen LogP contribution >= 0.6 is 11.8 Å². The fourth-order valence-corrected chi connectivity index (χ4v) is 1.40. The summed E-state index contributed by atoms with van der Waals surface area (Å²) in [4.78, 5) is 0. The van der Waals surface area contributed by atoms with E-state index in [1.807, 2.05) is 11.8 Å². The molecular formula is C6H13NOS. The molecule has 2 N–H and O–H groups in total. The summed E-state index contributed by atoms with van der Waals surface area (Å²) >= 11 is 1.95. The molecule has 1 aliphatic heterocycles. The molecule has 0 saturated carbocycles. The highest BCUT2D eigenvalue weighted by Gasteiger charge is 2.16. The van der Waals surface area contributed by atoms with Crippen LogP contribution in [0.4, 0.5) is 0 Å². The smallest absolute Gasteiger partial charge is 0.0636 e. The molecule has 1 saturated heterocycles. The lowest BCUT2D eigenvalue weighted by Gasteiger charge is -2.26. The molecular weight excluding hydrogens is 134 g/mol. The Kier molecular flexibility index (Phi) is 2.82. The van der Waals surface area contributed by atoms with Crippen LogP contribution in [-0.4, -0.2) is 35.3 Å². The van der Waals surface area contributed by atoms with Crippen molar-refractivity contribution in [3.63, 3.8) is 0 Å². The molecule has 9 heavy (non-hydrogen) atoms. The Morgan fingerprint density at radius 3 is 2.78 bits per heavy atom. The number of rotatable bonds is 3. The Bertz CT molecular complexity index is 83.1. The van der Waals surface area contributed by atoms with Crippen LogP contribution in [0.3, 0.4) is 0 Å². The molecule has 1 rings (SSSR count). The highest BCUT2D eigenvalue weighted by Crippen LogP contribution is 2.16. The first kappa shape index (κ1) is 7.38. The molecule has 0 bridgehead atoms. The third kappa shape index (κ3) is 2.56. The molecule has 1 aliphatic rings. The molecule has 3 heteroatoms. The zero-order valence-corrected chi connectivity index (χ0v) is 6.45. The summed E-state index contributed by atoms with van der Waals surface area (Å²) in [5.41, 5.74) is 0. The summed E-state index contributed by atoms with van der Waals surface area (Å²) in [6.07, 6.45) is -0.199. The highest BCUT2D eigenvalue weighted by atomic mass is 32.2. The van der Waals surface area contributed by atoms with Crippen molar-refractivity contribution < 1.29 is 5.11 Å². The minimum absolute atomic E-state index is 0.199. The monoisotopic (exact) mass is 147 g/mol. The van der Waals surface area contributed by atoms with E-state index in [0.29, 0.717) is 6.04 Å². The summed E-state index contributed by atoms with van der Waals surface area (Å²) in [5, 5.41) is 12.1. The van der Waals surface area contributed by atoms with Crippen molar-refractivity contribution in [1.82, 2.24) is 5.32 Å². The Labute approximate surface area is 60.0 Å². The van der Waals surface area contributed by atoms with Gasteiger partial charge in [0.1, 0.15) is 0 Å². The number of hydrogen-bond acceptors (Lipinski definition) is 3. The van der Waals surface area contributed by atoms with Gasteiger partial charge in [0.05, 0.1) is 6.10 Å². The predicted octanol–water partition coefficient (Wildman–Crippen LogP) is 0.0722. The van der Waals surface area contributed by atoms with Crippen LogP contribution in [0.1, 0.15) is 6.92 Å². The summed E-state index contributed by atoms with van der Waals surface area (Å²) in [5.74, 6) is 2.43. The minimum Gasteiger partial charge on any atom is -0.392 e. The first-order valence-electron chi connectivity index (χ1n) is 3.28. The molecule has 0 aliphatic carbocycles. The molecule has 1 unspecified atom stereocenters. The van der Waals surface area contributed by atoms with E-state index in [1.165, 1.54) is 11.5 Å². The van der Waals surface area contributed by atoms with Crippen molar-refractivity contribution in [2.24, 2.45) is 0 Å². The normalized spacial score (nSPS) is 23.3. The largest absolute Gasteiger partial charge is 0.392 e. The van der Waals surface area contributed by atoms with Crippen LogP contribution < -0.4 is 5.32 Å². The molecule has 1 atom stereocenters. The van der Waals surface area contributed by atoms with Gasteiger partial charge in [-0.3, -0.25) is 0 Å². The molecule has 0 aromatic carbocycles. The van der Waals surface area contributed by atoms with Crippen molar-refractivity contribution in [1.29, 1.82) is 0 Å². The van der Waals surface area contributed by atoms with Crippen molar-refractivity contribution >= 4 is 11.8 Å². The van der Waals surface area contributed by atoms with Gasteiger partial charge < -0.3 is 10.4 Å². The topological polar surface area (TPSA) is 32.3 Å². The van der Waals surface area contributed by atoms with E-state index in [2.05, 4.69) is 5.32 Å². The molecule has 54 valence electrons. The number of hydrogen-bond donors (Lipinski definition) is 2. The van der Waals surface area contributed by atoms with Crippen molar-refractivity contribution in [3.05, 3.63) is 0 Å². The average molecular weight is 147 g/mol. The zero-order valence-electron chi connectivity index (χ0n) is 5.63. The fourth-order valence-electron chi connectivity index (χ4n) is 0.691. The van der Waals surface area contributed by atoms with E-state index in [0.717, 1.165) is 6.54 Å². The first-order valence-corrected chi connectivity index (χ1v) is 4.43. The Hall–Kier alpha value is 0.270. The molecule has 1 fully saturated rings. The van der Waals surface area contributed by atoms with Gasteiger partial charge in [-0.2, -0.15) is 11.8 Å². The lowest BCUT2D eigenvalue weighted by Crippen LogP contribution is -2.43. The second-order valence-corrected chi connectivity index (χ2v) is 3.57. The Balaban J connectivity index is 1.91. The van der Waals surface area contributed by atoms with Crippen molar-refractivity contribution in [3.8, 4) is 0 Å². The molecule has 0 aromatic heterocycles. The number of nitrogens with one attached hydrogen (secondary N) is 1. The number of thioether (sulfide) groups is 1. The van der Waals surface area contributed by atoms with Gasteiger partial charge in [-0.1, -0.05) is 0 Å². The number of aliphatic hydroxyl groups excluding tert-OH is 1. The summed E-state index contributed by atoms with van der Waals surface area (Å²) in [7, 11) is 0. The summed E-state index contributed by atoms with van der Waals surface area (Å²) < 4.78 is 0. The van der Waals surface area contributed by atoms with Gasteiger partial charge >= 0.3 is 0 Å². The van der Waals surface area contributed by atoms with Crippen LogP contribution in [-0.2, 0) is 0 Å². The van der Waals surface area contributed by atoms with Crippen molar-refractivity contribution in [2.45, 2.75) is 19.1 Å². The predicted molar refractivity (Wildman–Crippen MR) is 40.8 cm³/mol. The van der Waals surface area contributed by atoms with Gasteiger partial charge in [0.2, 0.25) is 0 Å². The molecule has 0 radical (unpaired) electrons. The fraction of sp³-hybridized carbons (Fsp3) is 1.00. The SMILES string of the molecule is CC(O)CNC1CSC1. The third-order valence-electron chi connectivity index (χ3n) is 1.34. The van der Waals surface area contributed by atoms with E-state index in [1.54, 1.807) is 6.92 Å².